The van der Waals surface area contributed by atoms with E-state index in [-0.39, 0.29) is 23.2 Å². The van der Waals surface area contributed by atoms with E-state index in [1.54, 1.807) is 7.11 Å². The van der Waals surface area contributed by atoms with Crippen molar-refractivity contribution in [2.24, 2.45) is 17.8 Å². The molecule has 1 N–H and O–H groups in total. The highest BCUT2D eigenvalue weighted by atomic mass is 16.5. The number of aromatic nitrogens is 2. The van der Waals surface area contributed by atoms with E-state index in [1.807, 2.05) is 12.1 Å². The van der Waals surface area contributed by atoms with Crippen molar-refractivity contribution < 1.29 is 14.1 Å². The molecule has 4 aliphatic rings. The summed E-state index contributed by atoms with van der Waals surface area (Å²) in [6.45, 7) is 0. The lowest BCUT2D eigenvalue weighted by Crippen LogP contribution is -2.38. The van der Waals surface area contributed by atoms with Crippen LogP contribution in [0.3, 0.4) is 0 Å². The summed E-state index contributed by atoms with van der Waals surface area (Å²) in [5.74, 6) is 3.57. The van der Waals surface area contributed by atoms with E-state index in [2.05, 4.69) is 22.6 Å². The number of nitrogens with one attached hydrogen (secondary N) is 1. The quantitative estimate of drug-likeness (QED) is 0.812. The molecule has 1 aromatic carbocycles. The summed E-state index contributed by atoms with van der Waals surface area (Å²) in [5, 5.41) is 7.64. The average molecular weight is 393 g/mol. The molecule has 4 atom stereocenters. The topological polar surface area (TPSA) is 77.2 Å². The number of carbonyl (C=O) groups is 1. The smallest absolute Gasteiger partial charge is 0.230 e. The fourth-order valence-electron chi connectivity index (χ4n) is 5.79. The van der Waals surface area contributed by atoms with Crippen LogP contribution < -0.4 is 10.1 Å². The monoisotopic (exact) mass is 393 g/mol. The minimum absolute atomic E-state index is 0.00112. The maximum absolute atomic E-state index is 13.0. The number of carbonyl (C=O) groups excluding carboxylic acids is 1. The predicted octanol–water partition coefficient (Wildman–Crippen LogP) is 3.57. The first-order valence-corrected chi connectivity index (χ1v) is 11.0. The van der Waals surface area contributed by atoms with Gasteiger partial charge in [-0.15, -0.1) is 0 Å². The number of ether oxygens (including phenoxy) is 1. The van der Waals surface area contributed by atoms with E-state index in [4.69, 9.17) is 14.2 Å². The fourth-order valence-corrected chi connectivity index (χ4v) is 5.79. The standard InChI is InChI=1S/C23H27N3O3/c1-28-17-8-4-15(5-9-17)23(10-11-23)22-25-21(29-26-22)19-14-3-2-13(12-14)18(19)20(27)24-16-6-7-16/h4-5,8-9,13-14,16,18-19H,2-3,6-7,10-12H2,1H3,(H,24,27)/t13-,14+,18-,19-/m0/s1. The molecule has 1 amide bonds. The van der Waals surface area contributed by atoms with Gasteiger partial charge >= 0.3 is 0 Å². The number of methoxy groups -OCH3 is 1. The molecule has 0 spiro atoms. The van der Waals surface area contributed by atoms with Gasteiger partial charge in [-0.25, -0.2) is 0 Å². The number of hydrogen-bond acceptors (Lipinski definition) is 5. The van der Waals surface area contributed by atoms with Gasteiger partial charge in [-0.3, -0.25) is 4.79 Å². The van der Waals surface area contributed by atoms with Crippen LogP contribution in [0.2, 0.25) is 0 Å². The van der Waals surface area contributed by atoms with Crippen LogP contribution in [0, 0.1) is 17.8 Å². The molecule has 4 saturated carbocycles. The molecule has 0 saturated heterocycles. The number of hydrogen-bond donors (Lipinski definition) is 1. The van der Waals surface area contributed by atoms with E-state index < -0.39 is 0 Å². The normalized spacial score (nSPS) is 31.6. The van der Waals surface area contributed by atoms with Gasteiger partial charge < -0.3 is 14.6 Å². The lowest BCUT2D eigenvalue weighted by molar-refractivity contribution is -0.127. The number of benzene rings is 1. The highest BCUT2D eigenvalue weighted by Gasteiger charge is 2.55. The Hall–Kier alpha value is -2.37. The zero-order valence-corrected chi connectivity index (χ0v) is 16.8. The number of amides is 1. The van der Waals surface area contributed by atoms with Crippen molar-refractivity contribution in [1.82, 2.24) is 15.5 Å². The third-order valence-corrected chi connectivity index (χ3v) is 7.69. The van der Waals surface area contributed by atoms with Crippen LogP contribution in [0.25, 0.3) is 0 Å². The second kappa shape index (κ2) is 6.31. The lowest BCUT2D eigenvalue weighted by atomic mass is 9.78. The van der Waals surface area contributed by atoms with Crippen LogP contribution in [0.1, 0.15) is 68.1 Å². The second-order valence-corrected chi connectivity index (χ2v) is 9.43. The number of nitrogens with zero attached hydrogens (tertiary/aromatic N) is 2. The summed E-state index contributed by atoms with van der Waals surface area (Å²) in [7, 11) is 1.68. The van der Waals surface area contributed by atoms with Crippen LogP contribution in [-0.2, 0) is 10.2 Å². The van der Waals surface area contributed by atoms with Crippen LogP contribution in [0.4, 0.5) is 0 Å². The highest BCUT2D eigenvalue weighted by Crippen LogP contribution is 2.58. The summed E-state index contributed by atoms with van der Waals surface area (Å²) in [5.41, 5.74) is 1.07. The molecular weight excluding hydrogens is 366 g/mol. The Morgan fingerprint density at radius 2 is 1.90 bits per heavy atom. The van der Waals surface area contributed by atoms with Crippen LogP contribution >= 0.6 is 0 Å². The number of rotatable bonds is 6. The molecule has 29 heavy (non-hydrogen) atoms. The Kier molecular flexibility index (Phi) is 3.81. The first kappa shape index (κ1) is 17.5. The largest absolute Gasteiger partial charge is 0.497 e. The summed E-state index contributed by atoms with van der Waals surface area (Å²) in [6.07, 6.45) is 7.74. The number of fused-ring (bicyclic) bond motifs is 2. The Morgan fingerprint density at radius 1 is 1.14 bits per heavy atom. The SMILES string of the molecule is COc1ccc(C2(c3noc([C@H]4[C@@H]5CC[C@@H](C5)[C@@H]4C(=O)NC4CC4)n3)CC2)cc1. The highest BCUT2D eigenvalue weighted by molar-refractivity contribution is 5.81. The van der Waals surface area contributed by atoms with Crippen LogP contribution in [0.5, 0.6) is 5.75 Å². The minimum Gasteiger partial charge on any atom is -0.497 e. The predicted molar refractivity (Wildman–Crippen MR) is 106 cm³/mol. The van der Waals surface area contributed by atoms with E-state index in [0.29, 0.717) is 23.8 Å². The molecule has 6 heteroatoms. The molecule has 4 aliphatic carbocycles. The van der Waals surface area contributed by atoms with Gasteiger partial charge in [0.25, 0.3) is 0 Å². The van der Waals surface area contributed by atoms with E-state index >= 15 is 0 Å². The van der Waals surface area contributed by atoms with Gasteiger partial charge in [-0.2, -0.15) is 4.98 Å². The molecular formula is C23H27N3O3. The van der Waals surface area contributed by atoms with Crippen molar-refractivity contribution in [2.45, 2.75) is 62.3 Å². The lowest BCUT2D eigenvalue weighted by Gasteiger charge is -2.27. The first-order valence-electron chi connectivity index (χ1n) is 11.0. The van der Waals surface area contributed by atoms with Crippen molar-refractivity contribution >= 4 is 5.91 Å². The molecule has 0 aliphatic heterocycles. The molecule has 2 bridgehead atoms. The molecule has 2 aromatic rings. The Morgan fingerprint density at radius 3 is 2.59 bits per heavy atom. The zero-order valence-electron chi connectivity index (χ0n) is 16.8. The van der Waals surface area contributed by atoms with Crippen molar-refractivity contribution in [3.8, 4) is 5.75 Å². The van der Waals surface area contributed by atoms with Crippen LogP contribution in [0.15, 0.2) is 28.8 Å². The molecule has 0 radical (unpaired) electrons. The minimum atomic E-state index is -0.141. The molecule has 4 fully saturated rings. The third-order valence-electron chi connectivity index (χ3n) is 7.69. The maximum Gasteiger partial charge on any atom is 0.230 e. The molecule has 0 unspecified atom stereocenters. The van der Waals surface area contributed by atoms with Crippen molar-refractivity contribution in [3.05, 3.63) is 41.5 Å². The van der Waals surface area contributed by atoms with Gasteiger partial charge in [0.05, 0.1) is 24.4 Å². The molecule has 152 valence electrons. The van der Waals surface area contributed by atoms with Gasteiger partial charge in [-0.1, -0.05) is 17.3 Å². The zero-order chi connectivity index (χ0) is 19.6. The van der Waals surface area contributed by atoms with Gasteiger partial charge in [0.1, 0.15) is 5.75 Å². The van der Waals surface area contributed by atoms with E-state index in [1.165, 1.54) is 12.0 Å². The summed E-state index contributed by atoms with van der Waals surface area (Å²) in [4.78, 5) is 17.9. The summed E-state index contributed by atoms with van der Waals surface area (Å²) in [6, 6.07) is 8.58. The molecule has 1 heterocycles. The van der Waals surface area contributed by atoms with Crippen LogP contribution in [-0.4, -0.2) is 29.2 Å². The van der Waals surface area contributed by atoms with Gasteiger partial charge in [0.15, 0.2) is 5.82 Å². The summed E-state index contributed by atoms with van der Waals surface area (Å²) >= 11 is 0. The Bertz CT molecular complexity index is 929. The maximum atomic E-state index is 13.0. The van der Waals surface area contributed by atoms with Gasteiger partial charge in [0, 0.05) is 6.04 Å². The fraction of sp³-hybridized carbons (Fsp3) is 0.609. The Labute approximate surface area is 170 Å². The second-order valence-electron chi connectivity index (χ2n) is 9.43. The van der Waals surface area contributed by atoms with Crippen molar-refractivity contribution in [3.63, 3.8) is 0 Å². The third kappa shape index (κ3) is 2.79. The van der Waals surface area contributed by atoms with Crippen molar-refractivity contribution in [2.75, 3.05) is 7.11 Å². The van der Waals surface area contributed by atoms with E-state index in [0.717, 1.165) is 50.1 Å². The van der Waals surface area contributed by atoms with Gasteiger partial charge in [-0.05, 0) is 74.5 Å². The summed E-state index contributed by atoms with van der Waals surface area (Å²) < 4.78 is 11.1. The molecule has 1 aromatic heterocycles. The van der Waals surface area contributed by atoms with Gasteiger partial charge in [0.2, 0.25) is 11.8 Å². The molecule has 6 nitrogen and oxygen atoms in total. The average Bonchev–Trinajstić information content (AvgIpc) is 3.59. The first-order chi connectivity index (χ1) is 14.2. The van der Waals surface area contributed by atoms with E-state index in [9.17, 15) is 4.79 Å². The Balaban J connectivity index is 1.28. The molecule has 6 rings (SSSR count). The van der Waals surface area contributed by atoms with Crippen molar-refractivity contribution in [1.29, 1.82) is 0 Å².